The molecule has 0 bridgehead atoms. The van der Waals surface area contributed by atoms with E-state index in [9.17, 15) is 4.79 Å². The topological polar surface area (TPSA) is 54.9 Å². The van der Waals surface area contributed by atoms with Crippen LogP contribution in [-0.2, 0) is 17.8 Å². The van der Waals surface area contributed by atoms with Crippen molar-refractivity contribution in [3.05, 3.63) is 40.4 Å². The van der Waals surface area contributed by atoms with E-state index in [-0.39, 0.29) is 11.2 Å². The Bertz CT molecular complexity index is 629. The molecule has 6 heteroatoms. The van der Waals surface area contributed by atoms with Gasteiger partial charge in [-0.05, 0) is 35.5 Å². The number of benzene rings is 1. The molecule has 0 spiro atoms. The number of carbonyl (C=O) groups is 1. The minimum absolute atomic E-state index is 0.0224. The van der Waals surface area contributed by atoms with Crippen LogP contribution in [0.15, 0.2) is 29.2 Å². The van der Waals surface area contributed by atoms with Crippen molar-refractivity contribution < 1.29 is 4.79 Å². The lowest BCUT2D eigenvalue weighted by Gasteiger charge is -2.10. The van der Waals surface area contributed by atoms with Crippen LogP contribution < -0.4 is 5.32 Å². The fourth-order valence-electron chi connectivity index (χ4n) is 2.39. The molecule has 0 radical (unpaired) electrons. The number of carbonyl (C=O) groups excluding carboxylic acids is 1. The third-order valence-corrected chi connectivity index (χ3v) is 5.55. The number of hydrogen-bond acceptors (Lipinski definition) is 5. The average molecular weight is 319 g/mol. The highest BCUT2D eigenvalue weighted by atomic mass is 32.2. The zero-order chi connectivity index (χ0) is 14.8. The standard InChI is InChI=1S/C15H17N3OS2/c1-9(2)14-13(21-18-17-14)8-16-15(19)12-7-10-5-3-4-6-11(10)20-12/h3-6,9,12H,7-8H2,1-2H3,(H,16,19)/t12-/m0/s1. The molecule has 0 saturated carbocycles. The Morgan fingerprint density at radius 3 is 3.00 bits per heavy atom. The lowest BCUT2D eigenvalue weighted by molar-refractivity contribution is -0.120. The molecule has 0 saturated heterocycles. The molecule has 21 heavy (non-hydrogen) atoms. The maximum Gasteiger partial charge on any atom is 0.234 e. The number of thioether (sulfide) groups is 1. The summed E-state index contributed by atoms with van der Waals surface area (Å²) in [6.45, 7) is 4.70. The predicted octanol–water partition coefficient (Wildman–Crippen LogP) is 2.99. The predicted molar refractivity (Wildman–Crippen MR) is 85.6 cm³/mol. The van der Waals surface area contributed by atoms with Crippen LogP contribution in [0.5, 0.6) is 0 Å². The van der Waals surface area contributed by atoms with Crippen LogP contribution in [0.1, 0.15) is 35.9 Å². The van der Waals surface area contributed by atoms with Crippen LogP contribution in [0.3, 0.4) is 0 Å². The number of nitrogens with zero attached hydrogens (tertiary/aromatic N) is 2. The van der Waals surface area contributed by atoms with Gasteiger partial charge in [0.1, 0.15) is 0 Å². The zero-order valence-corrected chi connectivity index (χ0v) is 13.6. The summed E-state index contributed by atoms with van der Waals surface area (Å²) in [6.07, 6.45) is 0.810. The number of nitrogens with one attached hydrogen (secondary N) is 1. The molecule has 0 fully saturated rings. The van der Waals surface area contributed by atoms with Crippen LogP contribution in [0, 0.1) is 0 Å². The smallest absolute Gasteiger partial charge is 0.234 e. The van der Waals surface area contributed by atoms with Gasteiger partial charge in [0.05, 0.1) is 22.4 Å². The Hall–Kier alpha value is -1.40. The summed E-state index contributed by atoms with van der Waals surface area (Å²) in [6, 6.07) is 8.22. The van der Waals surface area contributed by atoms with E-state index >= 15 is 0 Å². The van der Waals surface area contributed by atoms with E-state index in [4.69, 9.17) is 0 Å². The molecule has 110 valence electrons. The first kappa shape index (κ1) is 14.5. The summed E-state index contributed by atoms with van der Waals surface area (Å²) in [7, 11) is 0. The van der Waals surface area contributed by atoms with E-state index in [1.807, 2.05) is 12.1 Å². The monoisotopic (exact) mass is 319 g/mol. The van der Waals surface area contributed by atoms with Gasteiger partial charge < -0.3 is 5.32 Å². The minimum atomic E-state index is -0.0224. The Balaban J connectivity index is 1.60. The fraction of sp³-hybridized carbons (Fsp3) is 0.400. The van der Waals surface area contributed by atoms with Crippen molar-refractivity contribution in [3.63, 3.8) is 0 Å². The second-order valence-corrected chi connectivity index (χ2v) is 7.46. The van der Waals surface area contributed by atoms with E-state index in [0.717, 1.165) is 17.0 Å². The van der Waals surface area contributed by atoms with Gasteiger partial charge in [0.25, 0.3) is 0 Å². The second-order valence-electron chi connectivity index (χ2n) is 5.37. The van der Waals surface area contributed by atoms with Crippen molar-refractivity contribution in [3.8, 4) is 0 Å². The van der Waals surface area contributed by atoms with Gasteiger partial charge in [0, 0.05) is 4.90 Å². The molecule has 1 atom stereocenters. The molecule has 2 aromatic rings. The average Bonchev–Trinajstić information content (AvgIpc) is 3.10. The lowest BCUT2D eigenvalue weighted by Crippen LogP contribution is -2.32. The van der Waals surface area contributed by atoms with Gasteiger partial charge in [-0.25, -0.2) is 0 Å². The maximum atomic E-state index is 12.3. The van der Waals surface area contributed by atoms with E-state index < -0.39 is 0 Å². The number of fused-ring (bicyclic) bond motifs is 1. The van der Waals surface area contributed by atoms with Crippen molar-refractivity contribution in [2.45, 2.75) is 42.9 Å². The number of aromatic nitrogens is 2. The van der Waals surface area contributed by atoms with E-state index in [1.54, 1.807) is 11.8 Å². The van der Waals surface area contributed by atoms with Gasteiger partial charge in [-0.2, -0.15) is 0 Å². The van der Waals surface area contributed by atoms with Crippen LogP contribution in [0.2, 0.25) is 0 Å². The molecule has 3 rings (SSSR count). The second kappa shape index (κ2) is 6.15. The molecule has 1 aliphatic rings. The Morgan fingerprint density at radius 2 is 2.24 bits per heavy atom. The van der Waals surface area contributed by atoms with Gasteiger partial charge in [0.2, 0.25) is 5.91 Å². The van der Waals surface area contributed by atoms with Crippen molar-refractivity contribution >= 4 is 29.2 Å². The molecule has 1 aromatic heterocycles. The van der Waals surface area contributed by atoms with Gasteiger partial charge in [-0.15, -0.1) is 16.9 Å². The zero-order valence-electron chi connectivity index (χ0n) is 12.0. The molecule has 1 N–H and O–H groups in total. The molecule has 1 aliphatic heterocycles. The largest absolute Gasteiger partial charge is 0.350 e. The maximum absolute atomic E-state index is 12.3. The minimum Gasteiger partial charge on any atom is -0.350 e. The lowest BCUT2D eigenvalue weighted by atomic mass is 10.1. The summed E-state index contributed by atoms with van der Waals surface area (Å²) < 4.78 is 3.99. The SMILES string of the molecule is CC(C)c1nnsc1CNC(=O)[C@@H]1Cc2ccccc2S1. The van der Waals surface area contributed by atoms with Gasteiger partial charge in [-0.1, -0.05) is 36.5 Å². The van der Waals surface area contributed by atoms with Crippen LogP contribution >= 0.6 is 23.3 Å². The van der Waals surface area contributed by atoms with Gasteiger partial charge >= 0.3 is 0 Å². The highest BCUT2D eigenvalue weighted by Crippen LogP contribution is 2.36. The molecule has 1 amide bonds. The third-order valence-electron chi connectivity index (χ3n) is 3.49. The summed E-state index contributed by atoms with van der Waals surface area (Å²) in [4.78, 5) is 14.6. The molecular weight excluding hydrogens is 302 g/mol. The molecule has 2 heterocycles. The van der Waals surface area contributed by atoms with Gasteiger partial charge in [-0.3, -0.25) is 4.79 Å². The Morgan fingerprint density at radius 1 is 1.43 bits per heavy atom. The third kappa shape index (κ3) is 3.11. The fourth-order valence-corrected chi connectivity index (χ4v) is 4.34. The first-order valence-electron chi connectivity index (χ1n) is 6.98. The summed E-state index contributed by atoms with van der Waals surface area (Å²) in [5.74, 6) is 0.431. The number of amides is 1. The summed E-state index contributed by atoms with van der Waals surface area (Å²) >= 11 is 3.02. The van der Waals surface area contributed by atoms with E-state index in [1.165, 1.54) is 22.0 Å². The number of rotatable bonds is 4. The molecule has 4 nitrogen and oxygen atoms in total. The Labute approximate surface area is 132 Å². The first-order valence-corrected chi connectivity index (χ1v) is 8.64. The van der Waals surface area contributed by atoms with E-state index in [0.29, 0.717) is 12.5 Å². The van der Waals surface area contributed by atoms with Gasteiger partial charge in [0.15, 0.2) is 0 Å². The normalized spacial score (nSPS) is 17.0. The van der Waals surface area contributed by atoms with E-state index in [2.05, 4.69) is 40.9 Å². The quantitative estimate of drug-likeness (QED) is 0.941. The molecule has 1 aromatic carbocycles. The highest BCUT2D eigenvalue weighted by molar-refractivity contribution is 8.01. The van der Waals surface area contributed by atoms with Crippen LogP contribution in [0.25, 0.3) is 0 Å². The number of hydrogen-bond donors (Lipinski definition) is 1. The van der Waals surface area contributed by atoms with Crippen molar-refractivity contribution in [2.75, 3.05) is 0 Å². The van der Waals surface area contributed by atoms with Crippen molar-refractivity contribution in [2.24, 2.45) is 0 Å². The van der Waals surface area contributed by atoms with Crippen LogP contribution in [0.4, 0.5) is 0 Å². The summed E-state index contributed by atoms with van der Waals surface area (Å²) in [5, 5.41) is 7.14. The first-order chi connectivity index (χ1) is 10.1. The Kier molecular flexibility index (Phi) is 4.26. The van der Waals surface area contributed by atoms with Crippen molar-refractivity contribution in [1.29, 1.82) is 0 Å². The highest BCUT2D eigenvalue weighted by Gasteiger charge is 2.28. The summed E-state index contributed by atoms with van der Waals surface area (Å²) in [5.41, 5.74) is 2.26. The molecule has 0 aliphatic carbocycles. The molecule has 0 unspecified atom stereocenters. The molecular formula is C15H17N3OS2. The van der Waals surface area contributed by atoms with Crippen molar-refractivity contribution in [1.82, 2.24) is 14.9 Å². The van der Waals surface area contributed by atoms with Crippen LogP contribution in [-0.4, -0.2) is 20.7 Å².